The van der Waals surface area contributed by atoms with Gasteiger partial charge in [0, 0.05) is 37.1 Å². The largest absolute Gasteiger partial charge is 0.466 e. The minimum Gasteiger partial charge on any atom is -0.466 e. The number of esters is 1. The molecule has 2 aliphatic rings. The fraction of sp³-hybridized carbons (Fsp3) is 0.375. The smallest absolute Gasteiger partial charge is 0.330 e. The Morgan fingerprint density at radius 2 is 1.40 bits per heavy atom. The van der Waals surface area contributed by atoms with Crippen molar-refractivity contribution in [2.75, 3.05) is 7.11 Å². The lowest BCUT2D eigenvalue weighted by Gasteiger charge is -2.31. The van der Waals surface area contributed by atoms with Crippen LogP contribution in [0.15, 0.2) is 72.6 Å². The van der Waals surface area contributed by atoms with E-state index in [1.165, 1.54) is 13.2 Å². The van der Waals surface area contributed by atoms with E-state index < -0.39 is 13.4 Å². The van der Waals surface area contributed by atoms with Gasteiger partial charge in [0.15, 0.2) is 0 Å². The summed E-state index contributed by atoms with van der Waals surface area (Å²) in [7, 11) is -1.76. The molecule has 2 aromatic rings. The molecule has 1 saturated carbocycles. The summed E-state index contributed by atoms with van der Waals surface area (Å²) in [5.41, 5.74) is 2.27. The van der Waals surface area contributed by atoms with Crippen LogP contribution in [0, 0.1) is 0 Å². The standard InChI is InChI=1S/C24H29N2O3P/c1-29-24(27)16-17-30(28)25(18-20-10-4-2-5-11-20)22-14-8-9-15-23(22)26(30)19-21-12-6-3-7-13-21/h2-7,10-13,16-17,22-23H,8-9,14-15,18-19H2,1H3/b17-16-/t22-,23-/m1/s1. The molecule has 0 spiro atoms. The molecule has 2 aromatic carbocycles. The van der Waals surface area contributed by atoms with Crippen LogP contribution in [0.1, 0.15) is 36.8 Å². The molecule has 1 saturated heterocycles. The summed E-state index contributed by atoms with van der Waals surface area (Å²) < 4.78 is 23.7. The van der Waals surface area contributed by atoms with Crippen LogP contribution in [-0.2, 0) is 27.2 Å². The number of nitrogens with zero attached hydrogens (tertiary/aromatic N) is 2. The minimum atomic E-state index is -3.11. The molecule has 6 heteroatoms. The van der Waals surface area contributed by atoms with Crippen LogP contribution < -0.4 is 0 Å². The lowest BCUT2D eigenvalue weighted by atomic mass is 9.90. The summed E-state index contributed by atoms with van der Waals surface area (Å²) in [4.78, 5) is 11.9. The number of hydrogen-bond donors (Lipinski definition) is 0. The average Bonchev–Trinajstić information content (AvgIpc) is 3.02. The molecule has 158 valence electrons. The first-order valence-electron chi connectivity index (χ1n) is 10.6. The molecule has 1 aliphatic heterocycles. The maximum absolute atomic E-state index is 14.6. The topological polar surface area (TPSA) is 49.9 Å². The number of fused-ring (bicyclic) bond motifs is 1. The zero-order valence-electron chi connectivity index (χ0n) is 17.4. The van der Waals surface area contributed by atoms with E-state index in [9.17, 15) is 9.36 Å². The fourth-order valence-electron chi connectivity index (χ4n) is 4.73. The van der Waals surface area contributed by atoms with Crippen LogP contribution in [0.4, 0.5) is 0 Å². The molecule has 2 atom stereocenters. The number of ether oxygens (including phenoxy) is 1. The number of methoxy groups -OCH3 is 1. The molecule has 0 bridgehead atoms. The number of hydrogen-bond acceptors (Lipinski definition) is 3. The highest BCUT2D eigenvalue weighted by atomic mass is 31.2. The number of carbonyl (C=O) groups is 1. The fourth-order valence-corrected chi connectivity index (χ4v) is 7.81. The molecule has 2 fully saturated rings. The van der Waals surface area contributed by atoms with Gasteiger partial charge in [0.25, 0.3) is 0 Å². The Hall–Kier alpha value is -2.20. The van der Waals surface area contributed by atoms with Crippen molar-refractivity contribution < 1.29 is 14.1 Å². The van der Waals surface area contributed by atoms with Crippen LogP contribution >= 0.6 is 7.44 Å². The van der Waals surface area contributed by atoms with Crippen LogP contribution in [0.2, 0.25) is 0 Å². The van der Waals surface area contributed by atoms with E-state index in [0.29, 0.717) is 13.1 Å². The SMILES string of the molecule is COC(=O)/C=C\P1(=O)N(Cc2ccccc2)[C@@H]2CCCC[C@H]2N1Cc1ccccc1. The third-order valence-electron chi connectivity index (χ3n) is 6.18. The molecule has 30 heavy (non-hydrogen) atoms. The van der Waals surface area contributed by atoms with Gasteiger partial charge >= 0.3 is 5.97 Å². The molecular formula is C24H29N2O3P. The van der Waals surface area contributed by atoms with Gasteiger partial charge in [-0.25, -0.2) is 14.1 Å². The first-order chi connectivity index (χ1) is 14.6. The second-order valence-electron chi connectivity index (χ2n) is 8.01. The molecule has 0 unspecified atom stereocenters. The van der Waals surface area contributed by atoms with Gasteiger partial charge in [-0.15, -0.1) is 0 Å². The number of rotatable bonds is 6. The van der Waals surface area contributed by atoms with E-state index >= 15 is 0 Å². The van der Waals surface area contributed by atoms with Crippen molar-refractivity contribution in [2.45, 2.75) is 50.9 Å². The highest BCUT2D eigenvalue weighted by Crippen LogP contribution is 2.65. The monoisotopic (exact) mass is 424 g/mol. The van der Waals surface area contributed by atoms with E-state index in [1.807, 2.05) is 36.4 Å². The molecule has 0 radical (unpaired) electrons. The summed E-state index contributed by atoms with van der Waals surface area (Å²) in [6.45, 7) is 1.21. The van der Waals surface area contributed by atoms with Gasteiger partial charge in [0.1, 0.15) is 0 Å². The van der Waals surface area contributed by atoms with Crippen molar-refractivity contribution in [2.24, 2.45) is 0 Å². The zero-order chi connectivity index (χ0) is 21.0. The predicted octanol–water partition coefficient (Wildman–Crippen LogP) is 5.20. The molecule has 0 aromatic heterocycles. The summed E-state index contributed by atoms with van der Waals surface area (Å²) >= 11 is 0. The van der Waals surface area contributed by atoms with Gasteiger partial charge in [-0.2, -0.15) is 0 Å². The van der Waals surface area contributed by atoms with Crippen molar-refractivity contribution in [3.8, 4) is 0 Å². The molecule has 1 aliphatic carbocycles. The molecule has 0 N–H and O–H groups in total. The first-order valence-corrected chi connectivity index (χ1v) is 12.3. The Kier molecular flexibility index (Phi) is 6.52. The molecule has 0 amide bonds. The maximum Gasteiger partial charge on any atom is 0.330 e. The second-order valence-corrected chi connectivity index (χ2v) is 10.5. The Labute approximate surface area is 178 Å². The van der Waals surface area contributed by atoms with Crippen LogP contribution in [0.25, 0.3) is 0 Å². The van der Waals surface area contributed by atoms with Crippen LogP contribution in [0.3, 0.4) is 0 Å². The van der Waals surface area contributed by atoms with Crippen LogP contribution in [0.5, 0.6) is 0 Å². The van der Waals surface area contributed by atoms with Crippen LogP contribution in [-0.4, -0.2) is 34.5 Å². The summed E-state index contributed by atoms with van der Waals surface area (Å²) in [5.74, 6) is 1.14. The summed E-state index contributed by atoms with van der Waals surface area (Å²) in [6.07, 6.45) is 5.69. The van der Waals surface area contributed by atoms with E-state index in [2.05, 4.69) is 33.6 Å². The van der Waals surface area contributed by atoms with Crippen molar-refractivity contribution in [3.63, 3.8) is 0 Å². The molecule has 4 rings (SSSR count). The second kappa shape index (κ2) is 9.30. The van der Waals surface area contributed by atoms with Crippen molar-refractivity contribution >= 4 is 13.4 Å². The Morgan fingerprint density at radius 3 is 1.83 bits per heavy atom. The summed E-state index contributed by atoms with van der Waals surface area (Å²) in [5, 5.41) is 0. The lowest BCUT2D eigenvalue weighted by Crippen LogP contribution is -2.39. The molecule has 1 heterocycles. The first kappa shape index (κ1) is 21.0. The van der Waals surface area contributed by atoms with Gasteiger partial charge < -0.3 is 4.74 Å². The summed E-state index contributed by atoms with van der Waals surface area (Å²) in [6, 6.07) is 20.8. The Balaban J connectivity index is 1.74. The third-order valence-corrected chi connectivity index (χ3v) is 9.06. The molecule has 5 nitrogen and oxygen atoms in total. The quantitative estimate of drug-likeness (QED) is 0.363. The van der Waals surface area contributed by atoms with E-state index in [1.54, 1.807) is 5.82 Å². The number of carbonyl (C=O) groups excluding carboxylic acids is 1. The van der Waals surface area contributed by atoms with Crippen molar-refractivity contribution in [1.82, 2.24) is 9.34 Å². The number of benzene rings is 2. The average molecular weight is 424 g/mol. The maximum atomic E-state index is 14.6. The Bertz CT molecular complexity index is 870. The molecular weight excluding hydrogens is 395 g/mol. The third kappa shape index (κ3) is 4.29. The van der Waals surface area contributed by atoms with Gasteiger partial charge in [0.2, 0.25) is 7.44 Å². The van der Waals surface area contributed by atoms with E-state index in [4.69, 9.17) is 4.74 Å². The van der Waals surface area contributed by atoms with Gasteiger partial charge in [-0.1, -0.05) is 73.5 Å². The lowest BCUT2D eigenvalue weighted by molar-refractivity contribution is -0.134. The van der Waals surface area contributed by atoms with Gasteiger partial charge in [0.05, 0.1) is 7.11 Å². The highest BCUT2D eigenvalue weighted by Gasteiger charge is 2.53. The van der Waals surface area contributed by atoms with Crippen molar-refractivity contribution in [3.05, 3.63) is 83.7 Å². The zero-order valence-corrected chi connectivity index (χ0v) is 18.3. The predicted molar refractivity (Wildman–Crippen MR) is 119 cm³/mol. The van der Waals surface area contributed by atoms with E-state index in [-0.39, 0.29) is 12.1 Å². The highest BCUT2D eigenvalue weighted by molar-refractivity contribution is 7.62. The van der Waals surface area contributed by atoms with Crippen molar-refractivity contribution in [1.29, 1.82) is 0 Å². The van der Waals surface area contributed by atoms with Gasteiger partial charge in [-0.3, -0.25) is 4.57 Å². The Morgan fingerprint density at radius 1 is 0.933 bits per heavy atom. The van der Waals surface area contributed by atoms with E-state index in [0.717, 1.165) is 36.8 Å². The minimum absolute atomic E-state index is 0.218. The normalized spacial score (nSPS) is 24.0. The van der Waals surface area contributed by atoms with Gasteiger partial charge in [-0.05, 0) is 24.0 Å².